The molecular weight excluding hydrogens is 911 g/mol. The van der Waals surface area contributed by atoms with Crippen molar-refractivity contribution in [3.8, 4) is 0 Å². The maximum atomic E-state index is 12.5. The van der Waals surface area contributed by atoms with Gasteiger partial charge in [0.05, 0.1) is 25.4 Å². The second-order valence-electron chi connectivity index (χ2n) is 22.5. The van der Waals surface area contributed by atoms with Gasteiger partial charge in [-0.15, -0.1) is 0 Å². The van der Waals surface area contributed by atoms with Gasteiger partial charge in [-0.25, -0.2) is 0 Å². The average molecular weight is 1040 g/mol. The lowest BCUT2D eigenvalue weighted by atomic mass is 10.0. The van der Waals surface area contributed by atoms with E-state index in [4.69, 9.17) is 4.74 Å². The minimum Gasteiger partial charge on any atom is -0.466 e. The van der Waals surface area contributed by atoms with Gasteiger partial charge >= 0.3 is 5.97 Å². The zero-order valence-corrected chi connectivity index (χ0v) is 49.6. The van der Waals surface area contributed by atoms with Crippen molar-refractivity contribution >= 4 is 11.9 Å². The third kappa shape index (κ3) is 59.1. The fourth-order valence-electron chi connectivity index (χ4n) is 10.1. The fraction of sp³-hybridized carbons (Fsp3) is 0.853. The minimum absolute atomic E-state index is 0.0271. The summed E-state index contributed by atoms with van der Waals surface area (Å²) in [4.78, 5) is 24.6. The predicted octanol–water partition coefficient (Wildman–Crippen LogP) is 20.9. The Morgan fingerprint density at radius 1 is 0.392 bits per heavy atom. The predicted molar refractivity (Wildman–Crippen MR) is 324 cm³/mol. The first-order valence-corrected chi connectivity index (χ1v) is 32.9. The van der Waals surface area contributed by atoms with E-state index in [1.807, 2.05) is 0 Å². The molecule has 6 heteroatoms. The summed E-state index contributed by atoms with van der Waals surface area (Å²) in [5, 5.41) is 23.4. The highest BCUT2D eigenvalue weighted by Crippen LogP contribution is 2.18. The number of ether oxygens (including phenoxy) is 1. The van der Waals surface area contributed by atoms with Gasteiger partial charge in [-0.05, 0) is 89.9 Å². The van der Waals surface area contributed by atoms with Gasteiger partial charge in [0.25, 0.3) is 0 Å². The lowest BCUT2D eigenvalue weighted by Crippen LogP contribution is -2.45. The Morgan fingerprint density at radius 3 is 1.14 bits per heavy atom. The third-order valence-corrected chi connectivity index (χ3v) is 15.1. The first kappa shape index (κ1) is 71.8. The van der Waals surface area contributed by atoms with E-state index in [0.717, 1.165) is 77.0 Å². The Labute approximate surface area is 461 Å². The highest BCUT2D eigenvalue weighted by Gasteiger charge is 2.20. The van der Waals surface area contributed by atoms with Crippen molar-refractivity contribution in [2.75, 3.05) is 13.2 Å². The van der Waals surface area contributed by atoms with Crippen LogP contribution in [0, 0.1) is 0 Å². The lowest BCUT2D eigenvalue weighted by molar-refractivity contribution is -0.143. The van der Waals surface area contributed by atoms with Crippen LogP contribution in [0.2, 0.25) is 0 Å². The molecule has 0 rings (SSSR count). The van der Waals surface area contributed by atoms with Crippen molar-refractivity contribution in [3.63, 3.8) is 0 Å². The number of aliphatic hydroxyl groups excluding tert-OH is 2. The Hall–Kier alpha value is -2.18. The molecule has 3 N–H and O–H groups in total. The van der Waals surface area contributed by atoms with Crippen LogP contribution >= 0.6 is 0 Å². The van der Waals surface area contributed by atoms with E-state index < -0.39 is 12.1 Å². The molecule has 2 atom stereocenters. The van der Waals surface area contributed by atoms with E-state index in [0.29, 0.717) is 25.9 Å². The number of amides is 1. The maximum absolute atomic E-state index is 12.5. The first-order valence-electron chi connectivity index (χ1n) is 32.9. The van der Waals surface area contributed by atoms with E-state index in [2.05, 4.69) is 67.8 Å². The largest absolute Gasteiger partial charge is 0.466 e. The molecular formula is C68H127NO5. The fourth-order valence-corrected chi connectivity index (χ4v) is 10.1. The molecule has 0 bridgehead atoms. The van der Waals surface area contributed by atoms with Crippen LogP contribution in [0.4, 0.5) is 0 Å². The number of hydrogen-bond acceptors (Lipinski definition) is 5. The van der Waals surface area contributed by atoms with Crippen LogP contribution in [0.25, 0.3) is 0 Å². The zero-order chi connectivity index (χ0) is 53.6. The number of esters is 1. The quantitative estimate of drug-likeness (QED) is 0.0244. The molecule has 434 valence electrons. The third-order valence-electron chi connectivity index (χ3n) is 15.1. The monoisotopic (exact) mass is 1040 g/mol. The number of hydrogen-bond donors (Lipinski definition) is 3. The molecule has 6 nitrogen and oxygen atoms in total. The normalized spacial score (nSPS) is 12.9. The molecule has 0 aromatic rings. The number of aliphatic hydroxyl groups is 2. The Bertz CT molecular complexity index is 1240. The molecule has 0 aliphatic carbocycles. The molecule has 0 fully saturated rings. The second-order valence-corrected chi connectivity index (χ2v) is 22.5. The van der Waals surface area contributed by atoms with Crippen LogP contribution in [-0.4, -0.2) is 47.4 Å². The SMILES string of the molecule is CCCCC/C=C\C/C=C\CCCCCCCC(=O)OCCCCC/C=C\C=C/CCCCCCCCCCCCC(=O)NC(CO)C(O)CCCCCCCCCCCCCCCCCCCCCCCCC. The van der Waals surface area contributed by atoms with E-state index in [-0.39, 0.29) is 18.5 Å². The van der Waals surface area contributed by atoms with Crippen LogP contribution in [0.3, 0.4) is 0 Å². The minimum atomic E-state index is -0.674. The van der Waals surface area contributed by atoms with Crippen molar-refractivity contribution in [1.29, 1.82) is 0 Å². The summed E-state index contributed by atoms with van der Waals surface area (Å²) in [6, 6.07) is -0.552. The summed E-state index contributed by atoms with van der Waals surface area (Å²) in [7, 11) is 0. The van der Waals surface area contributed by atoms with Crippen LogP contribution in [-0.2, 0) is 14.3 Å². The summed E-state index contributed by atoms with van der Waals surface area (Å²) < 4.78 is 5.45. The van der Waals surface area contributed by atoms with Crippen molar-refractivity contribution < 1.29 is 24.5 Å². The van der Waals surface area contributed by atoms with Crippen LogP contribution in [0.15, 0.2) is 48.6 Å². The summed E-state index contributed by atoms with van der Waals surface area (Å²) >= 11 is 0. The summed E-state index contributed by atoms with van der Waals surface area (Å²) in [5.74, 6) is -0.0695. The van der Waals surface area contributed by atoms with Crippen molar-refractivity contribution in [2.45, 2.75) is 360 Å². The molecule has 1 amide bonds. The summed E-state index contributed by atoms with van der Waals surface area (Å²) in [6.45, 7) is 4.90. The molecule has 0 spiro atoms. The molecule has 2 unspecified atom stereocenters. The number of unbranched alkanes of at least 4 members (excludes halogenated alkanes) is 43. The molecule has 0 aromatic heterocycles. The van der Waals surface area contributed by atoms with E-state index >= 15 is 0 Å². The van der Waals surface area contributed by atoms with Crippen molar-refractivity contribution in [3.05, 3.63) is 48.6 Å². The Balaban J connectivity index is 3.48. The molecule has 0 aliphatic rings. The van der Waals surface area contributed by atoms with Gasteiger partial charge in [0.1, 0.15) is 0 Å². The summed E-state index contributed by atoms with van der Waals surface area (Å²) in [5.41, 5.74) is 0. The molecule has 0 radical (unpaired) electrons. The molecule has 0 aromatic carbocycles. The Kier molecular flexibility index (Phi) is 61.5. The van der Waals surface area contributed by atoms with Crippen LogP contribution in [0.1, 0.15) is 348 Å². The number of rotatable bonds is 61. The average Bonchev–Trinajstić information content (AvgIpc) is 3.40. The summed E-state index contributed by atoms with van der Waals surface area (Å²) in [6.07, 6.45) is 81.3. The highest BCUT2D eigenvalue weighted by molar-refractivity contribution is 5.76. The van der Waals surface area contributed by atoms with Gasteiger partial charge in [0, 0.05) is 12.8 Å². The molecule has 74 heavy (non-hydrogen) atoms. The first-order chi connectivity index (χ1) is 36.5. The van der Waals surface area contributed by atoms with Gasteiger partial charge in [0.15, 0.2) is 0 Å². The number of allylic oxidation sites excluding steroid dienone is 8. The Morgan fingerprint density at radius 2 is 0.716 bits per heavy atom. The van der Waals surface area contributed by atoms with Crippen LogP contribution in [0.5, 0.6) is 0 Å². The van der Waals surface area contributed by atoms with E-state index in [1.54, 1.807) is 0 Å². The maximum Gasteiger partial charge on any atom is 0.305 e. The van der Waals surface area contributed by atoms with E-state index in [1.165, 1.54) is 238 Å². The van der Waals surface area contributed by atoms with Crippen molar-refractivity contribution in [2.24, 2.45) is 0 Å². The smallest absolute Gasteiger partial charge is 0.305 e. The lowest BCUT2D eigenvalue weighted by Gasteiger charge is -2.22. The molecule has 0 heterocycles. The topological polar surface area (TPSA) is 95.9 Å². The molecule has 0 saturated heterocycles. The highest BCUT2D eigenvalue weighted by atomic mass is 16.5. The molecule has 0 saturated carbocycles. The zero-order valence-electron chi connectivity index (χ0n) is 49.6. The van der Waals surface area contributed by atoms with Gasteiger partial charge < -0.3 is 20.3 Å². The number of carbonyl (C=O) groups is 2. The van der Waals surface area contributed by atoms with Gasteiger partial charge in [-0.1, -0.05) is 294 Å². The van der Waals surface area contributed by atoms with Gasteiger partial charge in [-0.2, -0.15) is 0 Å². The molecule has 0 aliphatic heterocycles. The van der Waals surface area contributed by atoms with Gasteiger partial charge in [-0.3, -0.25) is 9.59 Å². The number of nitrogens with one attached hydrogen (secondary N) is 1. The number of carbonyl (C=O) groups excluding carboxylic acids is 2. The van der Waals surface area contributed by atoms with Crippen LogP contribution < -0.4 is 5.32 Å². The second kappa shape index (κ2) is 63.4. The van der Waals surface area contributed by atoms with Gasteiger partial charge in [0.2, 0.25) is 5.91 Å². The standard InChI is InChI=1S/C68H127NO5/c1-3-5-7-9-11-13-15-17-19-20-21-22-23-24-26-29-33-36-40-44-48-52-56-60-66(71)65(64-70)69-67(72)61-57-53-49-45-41-37-34-30-27-25-28-31-35-39-43-47-51-55-59-63-74-68(73)62-58-54-50-46-42-38-32-18-16-14-12-10-8-6-4-2/h12,14,18,31-32,35,39,43,65-66,70-71H,3-11,13,15-17,19-30,33-34,36-38,40-42,44-64H2,1-2H3,(H,69,72)/b14-12-,32-18-,35-31-,43-39-. The van der Waals surface area contributed by atoms with E-state index in [9.17, 15) is 19.8 Å². The van der Waals surface area contributed by atoms with Crippen molar-refractivity contribution in [1.82, 2.24) is 5.32 Å².